The Bertz CT molecular complexity index is 981. The van der Waals surface area contributed by atoms with Crippen molar-refractivity contribution in [3.05, 3.63) is 59.9 Å². The molecule has 6 nitrogen and oxygen atoms in total. The average Bonchev–Trinajstić information content (AvgIpc) is 2.95. The number of aromatic nitrogens is 2. The minimum absolute atomic E-state index is 0.0630. The quantitative estimate of drug-likeness (QED) is 0.532. The number of hydrogen-bond acceptors (Lipinski definition) is 4. The van der Waals surface area contributed by atoms with Crippen LogP contribution in [0.2, 0.25) is 0 Å². The number of hydrazone groups is 1. The SMILES string of the molecule is C/C(=N\NC(=O)Cn1c(C)nc2ccccc21)c1ccc(OC(F)F)cc1. The third-order valence-electron chi connectivity index (χ3n) is 3.99. The van der Waals surface area contributed by atoms with E-state index in [1.54, 1.807) is 19.1 Å². The second kappa shape index (κ2) is 7.94. The smallest absolute Gasteiger partial charge is 0.387 e. The number of imidazole rings is 1. The van der Waals surface area contributed by atoms with Crippen LogP contribution in [-0.2, 0) is 11.3 Å². The lowest BCUT2D eigenvalue weighted by atomic mass is 10.1. The van der Waals surface area contributed by atoms with E-state index in [1.807, 2.05) is 35.8 Å². The fraction of sp³-hybridized carbons (Fsp3) is 0.211. The first-order valence-electron chi connectivity index (χ1n) is 8.24. The molecule has 8 heteroatoms. The van der Waals surface area contributed by atoms with Crippen LogP contribution in [0.5, 0.6) is 5.75 Å². The maximum absolute atomic E-state index is 12.2. The molecule has 1 aromatic heterocycles. The van der Waals surface area contributed by atoms with Crippen LogP contribution in [0.1, 0.15) is 18.3 Å². The summed E-state index contributed by atoms with van der Waals surface area (Å²) >= 11 is 0. The number of nitrogens with one attached hydrogen (secondary N) is 1. The molecule has 140 valence electrons. The van der Waals surface area contributed by atoms with Gasteiger partial charge >= 0.3 is 6.61 Å². The van der Waals surface area contributed by atoms with Crippen molar-refractivity contribution in [2.24, 2.45) is 5.10 Å². The number of hydrogen-bond donors (Lipinski definition) is 1. The van der Waals surface area contributed by atoms with Crippen LogP contribution >= 0.6 is 0 Å². The zero-order valence-corrected chi connectivity index (χ0v) is 14.8. The van der Waals surface area contributed by atoms with E-state index in [-0.39, 0.29) is 18.2 Å². The lowest BCUT2D eigenvalue weighted by Crippen LogP contribution is -2.24. The number of carbonyl (C=O) groups excluding carboxylic acids is 1. The Morgan fingerprint density at radius 3 is 2.63 bits per heavy atom. The number of alkyl halides is 2. The number of fused-ring (bicyclic) bond motifs is 1. The monoisotopic (exact) mass is 372 g/mol. The topological polar surface area (TPSA) is 68.5 Å². The number of nitrogens with zero attached hydrogens (tertiary/aromatic N) is 3. The molecular formula is C19H18F2N4O2. The predicted molar refractivity (Wildman–Crippen MR) is 97.9 cm³/mol. The Kier molecular flexibility index (Phi) is 5.44. The average molecular weight is 372 g/mol. The molecule has 2 aromatic carbocycles. The van der Waals surface area contributed by atoms with Gasteiger partial charge in [-0.05, 0) is 55.8 Å². The number of carbonyl (C=O) groups is 1. The van der Waals surface area contributed by atoms with Gasteiger partial charge in [0, 0.05) is 0 Å². The van der Waals surface area contributed by atoms with E-state index >= 15 is 0 Å². The number of amides is 1. The van der Waals surface area contributed by atoms with Crippen molar-refractivity contribution in [3.63, 3.8) is 0 Å². The van der Waals surface area contributed by atoms with Gasteiger partial charge in [-0.3, -0.25) is 4.79 Å². The van der Waals surface area contributed by atoms with Crippen molar-refractivity contribution in [2.45, 2.75) is 27.0 Å². The van der Waals surface area contributed by atoms with Crippen LogP contribution < -0.4 is 10.2 Å². The summed E-state index contributed by atoms with van der Waals surface area (Å²) in [5, 5.41) is 4.07. The Balaban J connectivity index is 1.66. The first-order valence-corrected chi connectivity index (χ1v) is 8.24. The summed E-state index contributed by atoms with van der Waals surface area (Å²) in [5.74, 6) is 0.507. The minimum Gasteiger partial charge on any atom is -0.435 e. The molecule has 0 saturated heterocycles. The molecule has 0 saturated carbocycles. The highest BCUT2D eigenvalue weighted by atomic mass is 19.3. The molecule has 0 aliphatic carbocycles. The van der Waals surface area contributed by atoms with Gasteiger partial charge in [-0.25, -0.2) is 10.4 Å². The van der Waals surface area contributed by atoms with Crippen LogP contribution in [0, 0.1) is 6.92 Å². The van der Waals surface area contributed by atoms with Gasteiger partial charge in [-0.1, -0.05) is 12.1 Å². The molecule has 27 heavy (non-hydrogen) atoms. The molecule has 0 spiro atoms. The summed E-state index contributed by atoms with van der Waals surface area (Å²) in [6.07, 6.45) is 0. The molecule has 0 radical (unpaired) electrons. The summed E-state index contributed by atoms with van der Waals surface area (Å²) < 4.78 is 30.5. The highest BCUT2D eigenvalue weighted by Gasteiger charge is 2.10. The summed E-state index contributed by atoms with van der Waals surface area (Å²) in [5.41, 5.74) is 5.43. The second-order valence-corrected chi connectivity index (χ2v) is 5.87. The minimum atomic E-state index is -2.87. The summed E-state index contributed by atoms with van der Waals surface area (Å²) in [6.45, 7) is 0.767. The molecular weight excluding hydrogens is 354 g/mol. The molecule has 3 aromatic rings. The molecule has 1 N–H and O–H groups in total. The van der Waals surface area contributed by atoms with Crippen molar-refractivity contribution in [2.75, 3.05) is 0 Å². The van der Waals surface area contributed by atoms with Crippen LogP contribution in [0.25, 0.3) is 11.0 Å². The fourth-order valence-electron chi connectivity index (χ4n) is 2.66. The van der Waals surface area contributed by atoms with E-state index in [1.165, 1.54) is 12.1 Å². The highest BCUT2D eigenvalue weighted by Crippen LogP contribution is 2.16. The van der Waals surface area contributed by atoms with Crippen LogP contribution in [0.4, 0.5) is 8.78 Å². The Morgan fingerprint density at radius 2 is 1.93 bits per heavy atom. The number of para-hydroxylation sites is 2. The van der Waals surface area contributed by atoms with Gasteiger partial charge in [0.1, 0.15) is 18.1 Å². The summed E-state index contributed by atoms with van der Waals surface area (Å²) in [4.78, 5) is 16.7. The first kappa shape index (κ1) is 18.5. The van der Waals surface area contributed by atoms with E-state index in [2.05, 4.69) is 20.2 Å². The lowest BCUT2D eigenvalue weighted by Gasteiger charge is -2.07. The van der Waals surface area contributed by atoms with Gasteiger partial charge in [0.2, 0.25) is 0 Å². The molecule has 1 heterocycles. The first-order chi connectivity index (χ1) is 12.9. The molecule has 0 fully saturated rings. The Hall–Kier alpha value is -3.29. The molecule has 0 unspecified atom stereocenters. The van der Waals surface area contributed by atoms with E-state index in [4.69, 9.17) is 0 Å². The number of halogens is 2. The van der Waals surface area contributed by atoms with Gasteiger partial charge < -0.3 is 9.30 Å². The zero-order chi connectivity index (χ0) is 19.4. The fourth-order valence-corrected chi connectivity index (χ4v) is 2.66. The number of rotatable bonds is 6. The Morgan fingerprint density at radius 1 is 1.22 bits per heavy atom. The van der Waals surface area contributed by atoms with Crippen LogP contribution in [0.3, 0.4) is 0 Å². The maximum Gasteiger partial charge on any atom is 0.387 e. The maximum atomic E-state index is 12.2. The molecule has 0 aliphatic rings. The van der Waals surface area contributed by atoms with E-state index in [0.717, 1.165) is 16.9 Å². The molecule has 1 amide bonds. The van der Waals surface area contributed by atoms with Crippen molar-refractivity contribution >= 4 is 22.7 Å². The van der Waals surface area contributed by atoms with Gasteiger partial charge in [-0.2, -0.15) is 13.9 Å². The van der Waals surface area contributed by atoms with Gasteiger partial charge in [0.15, 0.2) is 0 Å². The van der Waals surface area contributed by atoms with Crippen LogP contribution in [0.15, 0.2) is 53.6 Å². The largest absolute Gasteiger partial charge is 0.435 e. The third-order valence-corrected chi connectivity index (χ3v) is 3.99. The van der Waals surface area contributed by atoms with Gasteiger partial charge in [-0.15, -0.1) is 0 Å². The molecule has 0 bridgehead atoms. The highest BCUT2D eigenvalue weighted by molar-refractivity contribution is 5.99. The van der Waals surface area contributed by atoms with E-state index < -0.39 is 6.61 Å². The normalized spacial score (nSPS) is 11.8. The van der Waals surface area contributed by atoms with Gasteiger partial charge in [0.25, 0.3) is 5.91 Å². The molecule has 0 aliphatic heterocycles. The van der Waals surface area contributed by atoms with Gasteiger partial charge in [0.05, 0.1) is 16.7 Å². The van der Waals surface area contributed by atoms with Crippen molar-refractivity contribution < 1.29 is 18.3 Å². The number of benzene rings is 2. The van der Waals surface area contributed by atoms with E-state index in [0.29, 0.717) is 11.3 Å². The third kappa shape index (κ3) is 4.46. The lowest BCUT2D eigenvalue weighted by molar-refractivity contribution is -0.121. The second-order valence-electron chi connectivity index (χ2n) is 5.87. The van der Waals surface area contributed by atoms with Crippen molar-refractivity contribution in [1.82, 2.24) is 15.0 Å². The standard InChI is InChI=1S/C19H18F2N4O2/c1-12(14-7-9-15(10-8-14)27-19(20)21)23-24-18(26)11-25-13(2)22-16-5-3-4-6-17(16)25/h3-10,19H,11H2,1-2H3,(H,24,26)/b23-12+. The Labute approximate surface area is 154 Å². The van der Waals surface area contributed by atoms with Crippen LogP contribution in [-0.4, -0.2) is 27.8 Å². The van der Waals surface area contributed by atoms with E-state index in [9.17, 15) is 13.6 Å². The van der Waals surface area contributed by atoms with Crippen molar-refractivity contribution in [3.8, 4) is 5.75 Å². The molecule has 0 atom stereocenters. The number of ether oxygens (including phenoxy) is 1. The summed E-state index contributed by atoms with van der Waals surface area (Å²) in [7, 11) is 0. The predicted octanol–water partition coefficient (Wildman–Crippen LogP) is 3.49. The zero-order valence-electron chi connectivity index (χ0n) is 14.8. The molecule has 3 rings (SSSR count). The summed E-state index contributed by atoms with van der Waals surface area (Å²) in [6, 6.07) is 13.6. The number of aryl methyl sites for hydroxylation is 1. The van der Waals surface area contributed by atoms with Crippen molar-refractivity contribution in [1.29, 1.82) is 0 Å².